The summed E-state index contributed by atoms with van der Waals surface area (Å²) in [5.74, 6) is -1.30. The number of nitrogens with one attached hydrogen (secondary N) is 1. The van der Waals surface area contributed by atoms with Gasteiger partial charge in [-0.1, -0.05) is 18.2 Å². The molecule has 10 heteroatoms. The molecule has 1 aliphatic rings. The van der Waals surface area contributed by atoms with Crippen molar-refractivity contribution in [2.24, 2.45) is 5.92 Å². The fourth-order valence-corrected chi connectivity index (χ4v) is 5.08. The highest BCUT2D eigenvalue weighted by molar-refractivity contribution is 5.95. The molecule has 0 bridgehead atoms. The smallest absolute Gasteiger partial charge is 0.389 e. The number of benzene rings is 2. The number of carbonyl (C=O) groups is 2. The SMILES string of the molecule is COc1ncccc1-c1ccc(C(CCC(F)(F)F)Nc2ccc(C(=O)N3CCC[C@@H](C(=O)O)C3)cc2)c(C)c1. The Hall–Kier alpha value is -4.08. The third-order valence-electron chi connectivity index (χ3n) is 7.17. The first-order valence-electron chi connectivity index (χ1n) is 13.1. The highest BCUT2D eigenvalue weighted by atomic mass is 19.4. The number of carbonyl (C=O) groups excluding carboxylic acids is 1. The van der Waals surface area contributed by atoms with Crippen LogP contribution in [0.3, 0.4) is 0 Å². The van der Waals surface area contributed by atoms with Crippen LogP contribution in [0, 0.1) is 12.8 Å². The van der Waals surface area contributed by atoms with Gasteiger partial charge in [0.1, 0.15) is 0 Å². The Bertz CT molecular complexity index is 1340. The van der Waals surface area contributed by atoms with E-state index in [1.54, 1.807) is 41.4 Å². The van der Waals surface area contributed by atoms with E-state index in [-0.39, 0.29) is 18.9 Å². The molecule has 4 rings (SSSR count). The summed E-state index contributed by atoms with van der Waals surface area (Å²) in [7, 11) is 1.53. The zero-order valence-corrected chi connectivity index (χ0v) is 22.4. The molecule has 2 aromatic carbocycles. The Morgan fingerprint density at radius 1 is 1.18 bits per heavy atom. The number of ether oxygens (including phenoxy) is 1. The highest BCUT2D eigenvalue weighted by Crippen LogP contribution is 2.35. The number of hydrogen-bond acceptors (Lipinski definition) is 5. The van der Waals surface area contributed by atoms with Gasteiger partial charge in [0.25, 0.3) is 5.91 Å². The van der Waals surface area contributed by atoms with Gasteiger partial charge in [-0.15, -0.1) is 0 Å². The maximum Gasteiger partial charge on any atom is 0.389 e. The van der Waals surface area contributed by atoms with Gasteiger partial charge < -0.3 is 20.1 Å². The average Bonchev–Trinajstić information content (AvgIpc) is 2.95. The van der Waals surface area contributed by atoms with E-state index >= 15 is 0 Å². The van der Waals surface area contributed by atoms with Gasteiger partial charge in [0.15, 0.2) is 0 Å². The summed E-state index contributed by atoms with van der Waals surface area (Å²) in [6, 6.07) is 15.1. The van der Waals surface area contributed by atoms with Crippen molar-refractivity contribution < 1.29 is 32.6 Å². The van der Waals surface area contributed by atoms with Gasteiger partial charge in [-0.25, -0.2) is 4.98 Å². The lowest BCUT2D eigenvalue weighted by molar-refractivity contribution is -0.143. The summed E-state index contributed by atoms with van der Waals surface area (Å²) < 4.78 is 45.0. The van der Waals surface area contributed by atoms with Crippen LogP contribution in [-0.2, 0) is 4.79 Å². The van der Waals surface area contributed by atoms with Crippen LogP contribution in [0.4, 0.5) is 18.9 Å². The lowest BCUT2D eigenvalue weighted by atomic mass is 9.93. The number of amides is 1. The molecule has 7 nitrogen and oxygen atoms in total. The van der Waals surface area contributed by atoms with Gasteiger partial charge in [-0.05, 0) is 79.3 Å². The standard InChI is InChI=1S/C30H32F3N3O4/c1-19-17-21(25-6-3-15-34-27(25)40-2)9-12-24(19)26(13-14-30(31,32)33)35-23-10-7-20(8-11-23)28(37)36-16-4-5-22(18-36)29(38)39/h3,6-12,15,17,22,26,35H,4-5,13-14,16,18H2,1-2H3,(H,38,39)/t22-,26?/m1/s1. The van der Waals surface area contributed by atoms with Crippen LogP contribution in [0.1, 0.15) is 53.2 Å². The van der Waals surface area contributed by atoms with E-state index in [0.717, 1.165) is 22.3 Å². The number of nitrogens with zero attached hydrogens (tertiary/aromatic N) is 2. The molecule has 0 radical (unpaired) electrons. The molecule has 1 aliphatic heterocycles. The maximum absolute atomic E-state index is 13.2. The molecule has 40 heavy (non-hydrogen) atoms. The van der Waals surface area contributed by atoms with Crippen LogP contribution < -0.4 is 10.1 Å². The van der Waals surface area contributed by atoms with Gasteiger partial charge in [-0.2, -0.15) is 13.2 Å². The minimum atomic E-state index is -4.31. The maximum atomic E-state index is 13.2. The van der Waals surface area contributed by atoms with Crippen molar-refractivity contribution in [1.82, 2.24) is 9.88 Å². The molecule has 1 saturated heterocycles. The summed E-state index contributed by atoms with van der Waals surface area (Å²) >= 11 is 0. The number of rotatable bonds is 9. The summed E-state index contributed by atoms with van der Waals surface area (Å²) in [5, 5.41) is 12.5. The summed E-state index contributed by atoms with van der Waals surface area (Å²) in [5.41, 5.74) is 4.13. The predicted molar refractivity (Wildman–Crippen MR) is 145 cm³/mol. The number of methoxy groups -OCH3 is 1. The van der Waals surface area contributed by atoms with Crippen LogP contribution in [0.15, 0.2) is 60.8 Å². The van der Waals surface area contributed by atoms with E-state index in [9.17, 15) is 27.9 Å². The van der Waals surface area contributed by atoms with Gasteiger partial charge in [0.05, 0.1) is 19.1 Å². The second kappa shape index (κ2) is 12.4. The van der Waals surface area contributed by atoms with Crippen molar-refractivity contribution in [3.63, 3.8) is 0 Å². The highest BCUT2D eigenvalue weighted by Gasteiger charge is 2.30. The fourth-order valence-electron chi connectivity index (χ4n) is 5.08. The van der Waals surface area contributed by atoms with Crippen LogP contribution in [-0.4, -0.2) is 53.2 Å². The van der Waals surface area contributed by atoms with Crippen molar-refractivity contribution in [3.05, 3.63) is 77.5 Å². The van der Waals surface area contributed by atoms with Crippen LogP contribution in [0.2, 0.25) is 0 Å². The molecule has 3 aromatic rings. The first kappa shape index (κ1) is 28.9. The van der Waals surface area contributed by atoms with E-state index in [4.69, 9.17) is 4.74 Å². The topological polar surface area (TPSA) is 91.8 Å². The fraction of sp³-hybridized carbons (Fsp3) is 0.367. The van der Waals surface area contributed by atoms with Gasteiger partial charge in [0.2, 0.25) is 5.88 Å². The number of alkyl halides is 3. The Morgan fingerprint density at radius 2 is 1.93 bits per heavy atom. The molecular formula is C30H32F3N3O4. The lowest BCUT2D eigenvalue weighted by Gasteiger charge is -2.30. The van der Waals surface area contributed by atoms with E-state index in [0.29, 0.717) is 36.5 Å². The number of aryl methyl sites for hydroxylation is 1. The molecule has 212 valence electrons. The quantitative estimate of drug-likeness (QED) is 0.313. The van der Waals surface area contributed by atoms with Crippen molar-refractivity contribution in [1.29, 1.82) is 0 Å². The summed E-state index contributed by atoms with van der Waals surface area (Å²) in [6.07, 6.45) is -2.66. The van der Waals surface area contributed by atoms with Crippen molar-refractivity contribution in [3.8, 4) is 17.0 Å². The predicted octanol–water partition coefficient (Wildman–Crippen LogP) is 6.50. The summed E-state index contributed by atoms with van der Waals surface area (Å²) in [4.78, 5) is 30.1. The molecule has 2 heterocycles. The minimum Gasteiger partial charge on any atom is -0.481 e. The van der Waals surface area contributed by atoms with E-state index in [1.807, 2.05) is 31.2 Å². The van der Waals surface area contributed by atoms with Crippen LogP contribution in [0.25, 0.3) is 11.1 Å². The number of carboxylic acid groups (broad SMARTS) is 1. The van der Waals surface area contributed by atoms with Crippen molar-refractivity contribution in [2.45, 2.75) is 44.8 Å². The number of piperidine rings is 1. The Kier molecular flexibility index (Phi) is 8.96. The largest absolute Gasteiger partial charge is 0.481 e. The molecule has 1 aromatic heterocycles. The van der Waals surface area contributed by atoms with Crippen molar-refractivity contribution >= 4 is 17.6 Å². The first-order valence-corrected chi connectivity index (χ1v) is 13.1. The van der Waals surface area contributed by atoms with Gasteiger partial charge in [-0.3, -0.25) is 9.59 Å². The molecule has 2 N–H and O–H groups in total. The number of aliphatic carboxylic acids is 1. The number of likely N-dealkylation sites (tertiary alicyclic amines) is 1. The van der Waals surface area contributed by atoms with Crippen LogP contribution in [0.5, 0.6) is 5.88 Å². The number of pyridine rings is 1. The van der Waals surface area contributed by atoms with Crippen molar-refractivity contribution in [2.75, 3.05) is 25.5 Å². The Morgan fingerprint density at radius 3 is 2.58 bits per heavy atom. The number of halogens is 3. The van der Waals surface area contributed by atoms with Gasteiger partial charge in [0, 0.05) is 42.5 Å². The Labute approximate surface area is 231 Å². The molecule has 1 amide bonds. The van der Waals surface area contributed by atoms with E-state index in [2.05, 4.69) is 10.3 Å². The molecule has 0 saturated carbocycles. The molecule has 0 spiro atoms. The number of carboxylic acids is 1. The monoisotopic (exact) mass is 555 g/mol. The minimum absolute atomic E-state index is 0.161. The van der Waals surface area contributed by atoms with E-state index < -0.39 is 30.5 Å². The third kappa shape index (κ3) is 7.11. The van der Waals surface area contributed by atoms with Gasteiger partial charge >= 0.3 is 12.1 Å². The Balaban J connectivity index is 1.54. The average molecular weight is 556 g/mol. The van der Waals surface area contributed by atoms with E-state index in [1.165, 1.54) is 7.11 Å². The summed E-state index contributed by atoms with van der Waals surface area (Å²) in [6.45, 7) is 2.50. The molecule has 0 aliphatic carbocycles. The zero-order valence-electron chi connectivity index (χ0n) is 22.4. The molecule has 1 unspecified atom stereocenters. The number of hydrogen-bond donors (Lipinski definition) is 2. The third-order valence-corrected chi connectivity index (χ3v) is 7.17. The molecule has 1 fully saturated rings. The molecule has 2 atom stereocenters. The molecular weight excluding hydrogens is 523 g/mol. The lowest BCUT2D eigenvalue weighted by Crippen LogP contribution is -2.42. The normalized spacial score (nSPS) is 16.3. The number of aromatic nitrogens is 1. The first-order chi connectivity index (χ1) is 19.1. The second-order valence-electron chi connectivity index (χ2n) is 9.99. The second-order valence-corrected chi connectivity index (χ2v) is 9.99. The van der Waals surface area contributed by atoms with Crippen LogP contribution >= 0.6 is 0 Å². The number of anilines is 1. The zero-order chi connectivity index (χ0) is 28.9.